The van der Waals surface area contributed by atoms with E-state index in [1.165, 1.54) is 19.2 Å². The van der Waals surface area contributed by atoms with E-state index in [-0.39, 0.29) is 17.8 Å². The molecule has 1 N–H and O–H groups in total. The summed E-state index contributed by atoms with van der Waals surface area (Å²) in [5.41, 5.74) is 2.12. The standard InChI is InChI=1S/C26H22N4O5S/c1-33-21-9-4-3-8-19(21)29-25(24(28-26(29)36)18-7-5-6-14-27-18)22-13-12-20(35-22)17-11-10-16(30(31)32)15-23(17)34-2/h3-15,24-25H,1-2H3,(H,28,36)/t24-,25+/m0/s1. The SMILES string of the molecule is COc1cc([N+](=O)[O-])ccc1-c1ccc([C@@H]2[C@H](c3ccccn3)NC(=S)N2c2ccccc2OC)o1. The second kappa shape index (κ2) is 9.67. The Morgan fingerprint density at radius 3 is 2.53 bits per heavy atom. The fraction of sp³-hybridized carbons (Fsp3) is 0.154. The molecule has 2 aromatic heterocycles. The molecule has 0 saturated carbocycles. The molecule has 0 unspecified atom stereocenters. The van der Waals surface area contributed by atoms with Crippen molar-refractivity contribution in [2.24, 2.45) is 0 Å². The van der Waals surface area contributed by atoms with Crippen LogP contribution in [0.25, 0.3) is 11.3 Å². The summed E-state index contributed by atoms with van der Waals surface area (Å²) in [4.78, 5) is 17.3. The number of thiocarbonyl (C=S) groups is 1. The smallest absolute Gasteiger partial charge is 0.273 e. The highest BCUT2D eigenvalue weighted by Crippen LogP contribution is 2.46. The molecule has 0 amide bonds. The van der Waals surface area contributed by atoms with Crippen LogP contribution in [-0.4, -0.2) is 29.2 Å². The van der Waals surface area contributed by atoms with Gasteiger partial charge in [-0.2, -0.15) is 0 Å². The van der Waals surface area contributed by atoms with Gasteiger partial charge in [0, 0.05) is 12.3 Å². The highest BCUT2D eigenvalue weighted by molar-refractivity contribution is 7.80. The van der Waals surface area contributed by atoms with E-state index in [0.29, 0.717) is 33.7 Å². The van der Waals surface area contributed by atoms with Crippen LogP contribution >= 0.6 is 12.2 Å². The molecule has 2 atom stereocenters. The number of non-ortho nitro benzene ring substituents is 1. The molecule has 0 spiro atoms. The largest absolute Gasteiger partial charge is 0.496 e. The van der Waals surface area contributed by atoms with Gasteiger partial charge in [0.05, 0.1) is 48.2 Å². The lowest BCUT2D eigenvalue weighted by atomic mass is 10.0. The lowest BCUT2D eigenvalue weighted by Gasteiger charge is -2.27. The summed E-state index contributed by atoms with van der Waals surface area (Å²) < 4.78 is 17.4. The van der Waals surface area contributed by atoms with Crippen molar-refractivity contribution in [3.8, 4) is 22.8 Å². The normalized spacial score (nSPS) is 17.1. The molecular formula is C26H22N4O5S. The Balaban J connectivity index is 1.62. The molecule has 36 heavy (non-hydrogen) atoms. The van der Waals surface area contributed by atoms with E-state index in [0.717, 1.165) is 11.4 Å². The van der Waals surface area contributed by atoms with Crippen molar-refractivity contribution in [1.82, 2.24) is 10.3 Å². The van der Waals surface area contributed by atoms with Gasteiger partial charge in [-0.3, -0.25) is 15.1 Å². The molecule has 0 aliphatic carbocycles. The molecule has 1 aliphatic heterocycles. The third kappa shape index (κ3) is 4.11. The van der Waals surface area contributed by atoms with Gasteiger partial charge in [0.25, 0.3) is 5.69 Å². The Labute approximate surface area is 212 Å². The summed E-state index contributed by atoms with van der Waals surface area (Å²) in [6.07, 6.45) is 1.73. The lowest BCUT2D eigenvalue weighted by molar-refractivity contribution is -0.384. The van der Waals surface area contributed by atoms with Crippen LogP contribution in [0.2, 0.25) is 0 Å². The first-order valence-electron chi connectivity index (χ1n) is 11.1. The van der Waals surface area contributed by atoms with Crippen LogP contribution in [0.3, 0.4) is 0 Å². The Hall–Kier alpha value is -4.44. The number of para-hydroxylation sites is 2. The summed E-state index contributed by atoms with van der Waals surface area (Å²) in [5, 5.41) is 15.1. The van der Waals surface area contributed by atoms with Crippen LogP contribution in [-0.2, 0) is 0 Å². The van der Waals surface area contributed by atoms with Gasteiger partial charge < -0.3 is 24.1 Å². The number of hydrogen-bond donors (Lipinski definition) is 1. The maximum atomic E-state index is 11.2. The number of rotatable bonds is 7. The Morgan fingerprint density at radius 1 is 1.03 bits per heavy atom. The number of nitrogens with zero attached hydrogens (tertiary/aromatic N) is 3. The Bertz CT molecular complexity index is 1420. The molecule has 3 heterocycles. The molecule has 2 aromatic carbocycles. The highest BCUT2D eigenvalue weighted by Gasteiger charge is 2.43. The van der Waals surface area contributed by atoms with E-state index >= 15 is 0 Å². The maximum Gasteiger partial charge on any atom is 0.273 e. The van der Waals surface area contributed by atoms with E-state index in [2.05, 4.69) is 10.3 Å². The predicted octanol–water partition coefficient (Wildman–Crippen LogP) is 5.44. The van der Waals surface area contributed by atoms with Crippen molar-refractivity contribution in [3.05, 3.63) is 101 Å². The molecule has 5 rings (SSSR count). The summed E-state index contributed by atoms with van der Waals surface area (Å²) >= 11 is 5.77. The number of furan rings is 1. The molecule has 1 fully saturated rings. The van der Waals surface area contributed by atoms with E-state index in [9.17, 15) is 10.1 Å². The predicted molar refractivity (Wildman–Crippen MR) is 138 cm³/mol. The minimum absolute atomic E-state index is 0.0646. The van der Waals surface area contributed by atoms with Gasteiger partial charge in [-0.1, -0.05) is 18.2 Å². The molecule has 4 aromatic rings. The molecule has 0 bridgehead atoms. The molecule has 1 saturated heterocycles. The van der Waals surface area contributed by atoms with Gasteiger partial charge in [-0.15, -0.1) is 0 Å². The first kappa shape index (κ1) is 23.3. The van der Waals surface area contributed by atoms with Crippen LogP contribution in [0.4, 0.5) is 11.4 Å². The second-order valence-electron chi connectivity index (χ2n) is 8.01. The topological polar surface area (TPSA) is 103 Å². The molecule has 0 radical (unpaired) electrons. The van der Waals surface area contributed by atoms with Crippen LogP contribution in [0.5, 0.6) is 11.5 Å². The fourth-order valence-corrected chi connectivity index (χ4v) is 4.72. The number of anilines is 1. The third-order valence-corrected chi connectivity index (χ3v) is 6.34. The van der Waals surface area contributed by atoms with Gasteiger partial charge in [0.1, 0.15) is 29.1 Å². The molecular weight excluding hydrogens is 480 g/mol. The lowest BCUT2D eigenvalue weighted by Crippen LogP contribution is -2.29. The molecule has 9 nitrogen and oxygen atoms in total. The number of ether oxygens (including phenoxy) is 2. The number of nitro benzene ring substituents is 1. The molecule has 182 valence electrons. The Kier molecular flexibility index (Phi) is 6.26. The number of benzene rings is 2. The van der Waals surface area contributed by atoms with Gasteiger partial charge in [0.15, 0.2) is 5.11 Å². The van der Waals surface area contributed by atoms with Crippen LogP contribution < -0.4 is 19.7 Å². The molecule has 1 aliphatic rings. The number of hydrogen-bond acceptors (Lipinski definition) is 7. The van der Waals surface area contributed by atoms with Crippen molar-refractivity contribution in [1.29, 1.82) is 0 Å². The van der Waals surface area contributed by atoms with Crippen LogP contribution in [0, 0.1) is 10.1 Å². The minimum Gasteiger partial charge on any atom is -0.496 e. The monoisotopic (exact) mass is 502 g/mol. The second-order valence-corrected chi connectivity index (χ2v) is 8.40. The first-order valence-corrected chi connectivity index (χ1v) is 11.5. The number of methoxy groups -OCH3 is 2. The van der Waals surface area contributed by atoms with Gasteiger partial charge >= 0.3 is 0 Å². The zero-order chi connectivity index (χ0) is 25.2. The van der Waals surface area contributed by atoms with E-state index in [1.54, 1.807) is 19.4 Å². The van der Waals surface area contributed by atoms with Gasteiger partial charge in [-0.05, 0) is 54.7 Å². The Morgan fingerprint density at radius 2 is 1.81 bits per heavy atom. The van der Waals surface area contributed by atoms with Crippen LogP contribution in [0.15, 0.2) is 83.4 Å². The average Bonchev–Trinajstić information content (AvgIpc) is 3.53. The highest BCUT2D eigenvalue weighted by atomic mass is 32.1. The van der Waals surface area contributed by atoms with Crippen molar-refractivity contribution < 1.29 is 18.8 Å². The summed E-state index contributed by atoms with van der Waals surface area (Å²) in [6, 6.07) is 20.7. The number of nitrogens with one attached hydrogen (secondary N) is 1. The van der Waals surface area contributed by atoms with Crippen molar-refractivity contribution in [3.63, 3.8) is 0 Å². The van der Waals surface area contributed by atoms with Gasteiger partial charge in [0.2, 0.25) is 0 Å². The quantitative estimate of drug-likeness (QED) is 0.201. The average molecular weight is 503 g/mol. The number of nitro groups is 1. The molecule has 10 heteroatoms. The fourth-order valence-electron chi connectivity index (χ4n) is 4.39. The van der Waals surface area contributed by atoms with Crippen LogP contribution in [0.1, 0.15) is 23.5 Å². The van der Waals surface area contributed by atoms with Crippen molar-refractivity contribution >= 4 is 28.7 Å². The van der Waals surface area contributed by atoms with E-state index in [4.69, 9.17) is 26.1 Å². The summed E-state index contributed by atoms with van der Waals surface area (Å²) in [7, 11) is 3.08. The minimum atomic E-state index is -0.465. The van der Waals surface area contributed by atoms with Gasteiger partial charge in [-0.25, -0.2) is 0 Å². The van der Waals surface area contributed by atoms with Crippen molar-refractivity contribution in [2.45, 2.75) is 12.1 Å². The zero-order valence-electron chi connectivity index (χ0n) is 19.5. The summed E-state index contributed by atoms with van der Waals surface area (Å²) in [5.74, 6) is 2.14. The zero-order valence-corrected chi connectivity index (χ0v) is 20.3. The maximum absolute atomic E-state index is 11.2. The summed E-state index contributed by atoms with van der Waals surface area (Å²) in [6.45, 7) is 0. The van der Waals surface area contributed by atoms with E-state index < -0.39 is 4.92 Å². The third-order valence-electron chi connectivity index (χ3n) is 6.02. The van der Waals surface area contributed by atoms with Crippen molar-refractivity contribution in [2.75, 3.05) is 19.1 Å². The first-order chi connectivity index (χ1) is 17.5. The number of pyridine rings is 1. The van der Waals surface area contributed by atoms with E-state index in [1.807, 2.05) is 59.5 Å². The number of aromatic nitrogens is 1.